The number of carbonyl (C=O) groups is 1. The zero-order chi connectivity index (χ0) is 26.1. The van der Waals surface area contributed by atoms with E-state index in [4.69, 9.17) is 4.74 Å². The number of amides is 1. The minimum atomic E-state index is -3.94. The maximum absolute atomic E-state index is 13.7. The molecule has 0 aliphatic carbocycles. The molecule has 1 amide bonds. The van der Waals surface area contributed by atoms with Gasteiger partial charge >= 0.3 is 0 Å². The molecule has 0 heterocycles. The maximum Gasteiger partial charge on any atom is 0.255 e. The second-order valence-electron chi connectivity index (χ2n) is 8.57. The van der Waals surface area contributed by atoms with Crippen molar-refractivity contribution >= 4 is 22.1 Å². The quantitative estimate of drug-likeness (QED) is 0.308. The third-order valence-corrected chi connectivity index (χ3v) is 7.78. The molecule has 8 heteroatoms. The zero-order valence-corrected chi connectivity index (χ0v) is 22.0. The van der Waals surface area contributed by atoms with Crippen LogP contribution in [-0.2, 0) is 21.2 Å². The average molecular weight is 508 g/mol. The number of hydrogen-bond donors (Lipinski definition) is 1. The summed E-state index contributed by atoms with van der Waals surface area (Å²) >= 11 is 0. The highest BCUT2D eigenvalue weighted by Crippen LogP contribution is 2.25. The van der Waals surface area contributed by atoms with Gasteiger partial charge in [0.2, 0.25) is 10.0 Å². The standard InChI is InChI=1S/C28H33N3O4S/c1-5-35-26-14-10-9-13-25(26)19-29-30-27(32)20-31(16-15-24-11-7-6-8-12-24)36(33,34)28-22(3)17-21(2)18-23(28)4/h6-14,17-19H,5,15-16,20H2,1-4H3,(H,30,32)/b29-19+. The largest absolute Gasteiger partial charge is 0.493 e. The predicted molar refractivity (Wildman–Crippen MR) is 143 cm³/mol. The molecule has 0 unspecified atom stereocenters. The predicted octanol–water partition coefficient (Wildman–Crippen LogP) is 4.39. The van der Waals surface area contributed by atoms with Crippen molar-refractivity contribution in [2.24, 2.45) is 5.10 Å². The van der Waals surface area contributed by atoms with Crippen LogP contribution in [-0.4, -0.2) is 44.5 Å². The van der Waals surface area contributed by atoms with Crippen LogP contribution in [0, 0.1) is 20.8 Å². The number of sulfonamides is 1. The van der Waals surface area contributed by atoms with Gasteiger partial charge in [0, 0.05) is 12.1 Å². The monoisotopic (exact) mass is 507 g/mol. The van der Waals surface area contributed by atoms with Crippen molar-refractivity contribution in [3.8, 4) is 5.75 Å². The van der Waals surface area contributed by atoms with Gasteiger partial charge in [0.25, 0.3) is 5.91 Å². The smallest absolute Gasteiger partial charge is 0.255 e. The van der Waals surface area contributed by atoms with Crippen LogP contribution in [0.5, 0.6) is 5.75 Å². The van der Waals surface area contributed by atoms with Crippen molar-refractivity contribution in [2.75, 3.05) is 19.7 Å². The van der Waals surface area contributed by atoms with Gasteiger partial charge in [-0.05, 0) is 62.9 Å². The van der Waals surface area contributed by atoms with Gasteiger partial charge in [-0.25, -0.2) is 13.8 Å². The molecule has 0 atom stereocenters. The Morgan fingerprint density at radius 2 is 1.64 bits per heavy atom. The van der Waals surface area contributed by atoms with E-state index in [-0.39, 0.29) is 18.0 Å². The lowest BCUT2D eigenvalue weighted by Gasteiger charge is -2.24. The fourth-order valence-electron chi connectivity index (χ4n) is 4.13. The third kappa shape index (κ3) is 7.02. The first kappa shape index (κ1) is 27.1. The van der Waals surface area contributed by atoms with E-state index in [0.29, 0.717) is 35.5 Å². The molecule has 3 aromatic rings. The summed E-state index contributed by atoms with van der Waals surface area (Å²) in [6.45, 7) is 7.68. The number of hydrogen-bond acceptors (Lipinski definition) is 5. The summed E-state index contributed by atoms with van der Waals surface area (Å²) in [4.78, 5) is 13.0. The van der Waals surface area contributed by atoms with Crippen LogP contribution in [0.2, 0.25) is 0 Å². The lowest BCUT2D eigenvalue weighted by Crippen LogP contribution is -2.41. The Labute approximate surface area is 213 Å². The summed E-state index contributed by atoms with van der Waals surface area (Å²) in [7, 11) is -3.94. The van der Waals surface area contributed by atoms with Gasteiger partial charge in [-0.3, -0.25) is 4.79 Å². The first-order valence-electron chi connectivity index (χ1n) is 11.9. The highest BCUT2D eigenvalue weighted by molar-refractivity contribution is 7.89. The lowest BCUT2D eigenvalue weighted by molar-refractivity contribution is -0.121. The lowest BCUT2D eigenvalue weighted by atomic mass is 10.1. The molecule has 0 saturated carbocycles. The maximum atomic E-state index is 13.7. The highest BCUT2D eigenvalue weighted by Gasteiger charge is 2.29. The summed E-state index contributed by atoms with van der Waals surface area (Å²) < 4.78 is 34.3. The van der Waals surface area contributed by atoms with E-state index in [1.54, 1.807) is 13.8 Å². The fraction of sp³-hybridized carbons (Fsp3) is 0.286. The van der Waals surface area contributed by atoms with Crippen molar-refractivity contribution < 1.29 is 17.9 Å². The van der Waals surface area contributed by atoms with Crippen LogP contribution in [0.1, 0.15) is 34.7 Å². The number of para-hydroxylation sites is 1. The van der Waals surface area contributed by atoms with E-state index in [1.807, 2.05) is 80.6 Å². The molecule has 36 heavy (non-hydrogen) atoms. The van der Waals surface area contributed by atoms with E-state index < -0.39 is 15.9 Å². The van der Waals surface area contributed by atoms with Gasteiger partial charge < -0.3 is 4.74 Å². The minimum absolute atomic E-state index is 0.156. The second-order valence-corrected chi connectivity index (χ2v) is 10.4. The Morgan fingerprint density at radius 3 is 2.31 bits per heavy atom. The Kier molecular flexibility index (Phi) is 9.38. The van der Waals surface area contributed by atoms with Crippen molar-refractivity contribution in [3.05, 3.63) is 94.5 Å². The first-order chi connectivity index (χ1) is 17.2. The van der Waals surface area contributed by atoms with Gasteiger partial charge in [0.15, 0.2) is 0 Å². The molecule has 7 nitrogen and oxygen atoms in total. The fourth-order valence-corrected chi connectivity index (χ4v) is 5.94. The zero-order valence-electron chi connectivity index (χ0n) is 21.2. The van der Waals surface area contributed by atoms with E-state index in [0.717, 1.165) is 11.1 Å². The SMILES string of the molecule is CCOc1ccccc1/C=N/NC(=O)CN(CCc1ccccc1)S(=O)(=O)c1c(C)cc(C)cc1C. The highest BCUT2D eigenvalue weighted by atomic mass is 32.2. The number of ether oxygens (including phenoxy) is 1. The molecular weight excluding hydrogens is 474 g/mol. The van der Waals surface area contributed by atoms with Gasteiger partial charge in [-0.2, -0.15) is 9.41 Å². The van der Waals surface area contributed by atoms with Crippen LogP contribution >= 0.6 is 0 Å². The van der Waals surface area contributed by atoms with E-state index >= 15 is 0 Å². The summed E-state index contributed by atoms with van der Waals surface area (Å²) in [5, 5.41) is 4.03. The first-order valence-corrected chi connectivity index (χ1v) is 13.3. The Hall–Kier alpha value is -3.49. The molecule has 0 aliphatic heterocycles. The number of hydrazone groups is 1. The van der Waals surface area contributed by atoms with Gasteiger partial charge in [0.05, 0.1) is 24.3 Å². The molecule has 0 saturated heterocycles. The topological polar surface area (TPSA) is 88.1 Å². The van der Waals surface area contributed by atoms with Crippen molar-refractivity contribution in [1.29, 1.82) is 0 Å². The summed E-state index contributed by atoms with van der Waals surface area (Å²) in [6, 6.07) is 20.6. The Morgan fingerprint density at radius 1 is 1.00 bits per heavy atom. The van der Waals surface area contributed by atoms with Crippen LogP contribution in [0.25, 0.3) is 0 Å². The minimum Gasteiger partial charge on any atom is -0.493 e. The Bertz CT molecular complexity index is 1300. The Balaban J connectivity index is 1.82. The van der Waals surface area contributed by atoms with E-state index in [9.17, 15) is 13.2 Å². The van der Waals surface area contributed by atoms with E-state index in [1.165, 1.54) is 10.5 Å². The van der Waals surface area contributed by atoms with E-state index in [2.05, 4.69) is 10.5 Å². The summed E-state index contributed by atoms with van der Waals surface area (Å²) in [5.74, 6) is 0.120. The molecular formula is C28H33N3O4S. The third-order valence-electron chi connectivity index (χ3n) is 5.63. The summed E-state index contributed by atoms with van der Waals surface area (Å²) in [6.07, 6.45) is 1.96. The molecule has 0 bridgehead atoms. The molecule has 3 aromatic carbocycles. The molecule has 0 spiro atoms. The number of aryl methyl sites for hydroxylation is 3. The number of rotatable bonds is 11. The van der Waals surface area contributed by atoms with Crippen LogP contribution in [0.3, 0.4) is 0 Å². The second kappa shape index (κ2) is 12.5. The van der Waals surface area contributed by atoms with Crippen LogP contribution < -0.4 is 10.2 Å². The molecule has 0 aromatic heterocycles. The molecule has 1 N–H and O–H groups in total. The molecule has 0 fully saturated rings. The number of benzene rings is 3. The molecule has 0 aliphatic rings. The number of nitrogens with one attached hydrogen (secondary N) is 1. The van der Waals surface area contributed by atoms with Crippen molar-refractivity contribution in [3.63, 3.8) is 0 Å². The number of nitrogens with zero attached hydrogens (tertiary/aromatic N) is 2. The van der Waals surface area contributed by atoms with Gasteiger partial charge in [-0.1, -0.05) is 60.2 Å². The molecule has 3 rings (SSSR count). The number of carbonyl (C=O) groups excluding carboxylic acids is 1. The van der Waals surface area contributed by atoms with Crippen LogP contribution in [0.4, 0.5) is 0 Å². The normalized spacial score (nSPS) is 11.7. The van der Waals surface area contributed by atoms with Gasteiger partial charge in [-0.15, -0.1) is 0 Å². The van der Waals surface area contributed by atoms with Crippen molar-refractivity contribution in [1.82, 2.24) is 9.73 Å². The average Bonchev–Trinajstić information content (AvgIpc) is 2.82. The van der Waals surface area contributed by atoms with Crippen molar-refractivity contribution in [2.45, 2.75) is 39.0 Å². The summed E-state index contributed by atoms with van der Waals surface area (Å²) in [5.41, 5.74) is 6.45. The van der Waals surface area contributed by atoms with Gasteiger partial charge in [0.1, 0.15) is 5.75 Å². The van der Waals surface area contributed by atoms with Crippen LogP contribution in [0.15, 0.2) is 76.7 Å². The molecule has 190 valence electrons. The molecule has 0 radical (unpaired) electrons.